The number of nitrogens with one attached hydrogen (secondary N) is 1. The maximum Gasteiger partial charge on any atom is 0.0797 e. The molecule has 1 N–H and O–H groups in total. The van der Waals surface area contributed by atoms with E-state index >= 15 is 0 Å². The van der Waals surface area contributed by atoms with Crippen molar-refractivity contribution in [2.24, 2.45) is 0 Å². The van der Waals surface area contributed by atoms with E-state index in [2.05, 4.69) is 22.1 Å². The van der Waals surface area contributed by atoms with E-state index in [9.17, 15) is 0 Å². The second kappa shape index (κ2) is 5.04. The van der Waals surface area contributed by atoms with E-state index < -0.39 is 0 Å². The Hall–Kier alpha value is -0.450. The summed E-state index contributed by atoms with van der Waals surface area (Å²) in [6, 6.07) is 1.56. The normalized spacial score (nSPS) is 29.5. The molecule has 2 fully saturated rings. The Morgan fingerprint density at radius 2 is 2.29 bits per heavy atom. The fourth-order valence-electron chi connectivity index (χ4n) is 3.04. The van der Waals surface area contributed by atoms with Crippen LogP contribution in [0.3, 0.4) is 0 Å². The van der Waals surface area contributed by atoms with Gasteiger partial charge in [-0.3, -0.25) is 0 Å². The van der Waals surface area contributed by atoms with Crippen LogP contribution in [-0.4, -0.2) is 41.6 Å². The van der Waals surface area contributed by atoms with Gasteiger partial charge in [0.05, 0.1) is 11.2 Å². The van der Waals surface area contributed by atoms with Crippen molar-refractivity contribution in [2.45, 2.75) is 44.7 Å². The Kier molecular flexibility index (Phi) is 3.45. The van der Waals surface area contributed by atoms with Gasteiger partial charge in [-0.25, -0.2) is 4.98 Å². The van der Waals surface area contributed by atoms with Crippen molar-refractivity contribution in [1.29, 1.82) is 0 Å². The Morgan fingerprint density at radius 1 is 1.41 bits per heavy atom. The van der Waals surface area contributed by atoms with Crippen LogP contribution in [0.25, 0.3) is 0 Å². The molecule has 0 amide bonds. The number of aryl methyl sites for hydroxylation is 1. The summed E-state index contributed by atoms with van der Waals surface area (Å²) in [7, 11) is 0. The van der Waals surface area contributed by atoms with Crippen LogP contribution < -0.4 is 5.32 Å². The van der Waals surface area contributed by atoms with Crippen LogP contribution in [0.1, 0.15) is 29.8 Å². The van der Waals surface area contributed by atoms with E-state index in [0.29, 0.717) is 0 Å². The number of aromatic nitrogens is 1. The van der Waals surface area contributed by atoms with Gasteiger partial charge < -0.3 is 10.2 Å². The predicted octanol–water partition coefficient (Wildman–Crippen LogP) is 1.82. The average Bonchev–Trinajstić information content (AvgIpc) is 2.84. The average molecular weight is 251 g/mol. The van der Waals surface area contributed by atoms with Crippen LogP contribution in [-0.2, 0) is 6.42 Å². The minimum atomic E-state index is 0.755. The largest absolute Gasteiger partial charge is 0.310 e. The fraction of sp³-hybridized carbons (Fsp3) is 0.769. The molecule has 3 nitrogen and oxygen atoms in total. The Labute approximate surface area is 107 Å². The van der Waals surface area contributed by atoms with Crippen LogP contribution in [0.4, 0.5) is 0 Å². The number of rotatable bonds is 3. The molecule has 0 aromatic carbocycles. The van der Waals surface area contributed by atoms with Gasteiger partial charge in [-0.05, 0) is 39.2 Å². The summed E-state index contributed by atoms with van der Waals surface area (Å²) in [5, 5.41) is 3.74. The van der Waals surface area contributed by atoms with Crippen molar-refractivity contribution in [3.8, 4) is 0 Å². The van der Waals surface area contributed by atoms with Crippen molar-refractivity contribution in [2.75, 3.05) is 19.6 Å². The fourth-order valence-corrected chi connectivity index (χ4v) is 3.81. The molecule has 3 rings (SSSR count). The molecule has 0 spiro atoms. The lowest BCUT2D eigenvalue weighted by Gasteiger charge is -2.23. The van der Waals surface area contributed by atoms with Gasteiger partial charge in [0.15, 0.2) is 0 Å². The van der Waals surface area contributed by atoms with Gasteiger partial charge in [-0.2, -0.15) is 0 Å². The Bertz CT molecular complexity index is 376. The van der Waals surface area contributed by atoms with Crippen LogP contribution >= 0.6 is 11.3 Å². The number of fused-ring (bicyclic) bond motifs is 2. The van der Waals surface area contributed by atoms with E-state index in [1.54, 1.807) is 11.3 Å². The zero-order chi connectivity index (χ0) is 11.7. The quantitative estimate of drug-likeness (QED) is 0.888. The molecule has 2 unspecified atom stereocenters. The van der Waals surface area contributed by atoms with E-state index in [1.807, 2.05) is 5.51 Å². The molecule has 1 aromatic heterocycles. The zero-order valence-electron chi connectivity index (χ0n) is 10.5. The van der Waals surface area contributed by atoms with Crippen LogP contribution in [0.5, 0.6) is 0 Å². The van der Waals surface area contributed by atoms with Crippen LogP contribution in [0.2, 0.25) is 0 Å². The number of hydrogen-bond acceptors (Lipinski definition) is 4. The molecular weight excluding hydrogens is 230 g/mol. The number of hydrogen-bond donors (Lipinski definition) is 1. The maximum atomic E-state index is 4.32. The molecule has 2 atom stereocenters. The standard InChI is InChI=1S/C13H21N3S/c1-10-13(17-9-14-10)5-7-16-6-4-11-2-3-12(8-16)15-11/h9,11-12,15H,2-8H2,1H3. The molecule has 0 aliphatic carbocycles. The van der Waals surface area contributed by atoms with E-state index in [0.717, 1.165) is 12.1 Å². The second-order valence-corrected chi connectivity index (χ2v) is 6.28. The third-order valence-corrected chi connectivity index (χ3v) is 5.10. The highest BCUT2D eigenvalue weighted by atomic mass is 32.1. The van der Waals surface area contributed by atoms with E-state index in [-0.39, 0.29) is 0 Å². The maximum absolute atomic E-state index is 4.32. The summed E-state index contributed by atoms with van der Waals surface area (Å²) in [4.78, 5) is 8.42. The number of likely N-dealkylation sites (tertiary alicyclic amines) is 1. The lowest BCUT2D eigenvalue weighted by molar-refractivity contribution is 0.262. The lowest BCUT2D eigenvalue weighted by atomic mass is 10.1. The molecule has 2 saturated heterocycles. The van der Waals surface area contributed by atoms with Gasteiger partial charge in [0, 0.05) is 30.1 Å². The number of thiazole rings is 1. The summed E-state index contributed by atoms with van der Waals surface area (Å²) in [5.41, 5.74) is 3.20. The smallest absolute Gasteiger partial charge is 0.0797 e. The van der Waals surface area contributed by atoms with Crippen LogP contribution in [0, 0.1) is 6.92 Å². The molecular formula is C13H21N3S. The summed E-state index contributed by atoms with van der Waals surface area (Å²) < 4.78 is 0. The third-order valence-electron chi connectivity index (χ3n) is 4.11. The predicted molar refractivity (Wildman–Crippen MR) is 71.6 cm³/mol. The second-order valence-electron chi connectivity index (χ2n) is 5.34. The first kappa shape index (κ1) is 11.6. The third kappa shape index (κ3) is 2.69. The van der Waals surface area contributed by atoms with Gasteiger partial charge in [-0.15, -0.1) is 11.3 Å². The summed E-state index contributed by atoms with van der Waals surface area (Å²) in [6.07, 6.45) is 5.28. The van der Waals surface area contributed by atoms with Gasteiger partial charge in [-0.1, -0.05) is 0 Å². The van der Waals surface area contributed by atoms with Crippen molar-refractivity contribution < 1.29 is 0 Å². The highest BCUT2D eigenvalue weighted by molar-refractivity contribution is 7.09. The molecule has 2 bridgehead atoms. The molecule has 1 aromatic rings. The Morgan fingerprint density at radius 3 is 3.12 bits per heavy atom. The molecule has 0 radical (unpaired) electrons. The van der Waals surface area contributed by atoms with Gasteiger partial charge in [0.2, 0.25) is 0 Å². The van der Waals surface area contributed by atoms with Gasteiger partial charge in [0.25, 0.3) is 0 Å². The molecule has 94 valence electrons. The Balaban J connectivity index is 1.53. The number of nitrogens with zero attached hydrogens (tertiary/aromatic N) is 2. The topological polar surface area (TPSA) is 28.2 Å². The first-order chi connectivity index (χ1) is 8.31. The molecule has 4 heteroatoms. The molecule has 2 aliphatic heterocycles. The van der Waals surface area contributed by atoms with Crippen molar-refractivity contribution in [3.05, 3.63) is 16.1 Å². The zero-order valence-corrected chi connectivity index (χ0v) is 11.3. The molecule has 17 heavy (non-hydrogen) atoms. The van der Waals surface area contributed by atoms with Gasteiger partial charge >= 0.3 is 0 Å². The highest BCUT2D eigenvalue weighted by Gasteiger charge is 2.28. The molecule has 3 heterocycles. The monoisotopic (exact) mass is 251 g/mol. The van der Waals surface area contributed by atoms with Crippen molar-refractivity contribution >= 4 is 11.3 Å². The summed E-state index contributed by atoms with van der Waals surface area (Å²) in [5.74, 6) is 0. The van der Waals surface area contributed by atoms with Crippen molar-refractivity contribution in [3.63, 3.8) is 0 Å². The SMILES string of the molecule is Cc1ncsc1CCN1CCC2CCC(C1)N2. The summed E-state index contributed by atoms with van der Waals surface area (Å²) in [6.45, 7) is 5.84. The minimum Gasteiger partial charge on any atom is -0.310 e. The summed E-state index contributed by atoms with van der Waals surface area (Å²) >= 11 is 1.81. The van der Waals surface area contributed by atoms with Crippen molar-refractivity contribution in [1.82, 2.24) is 15.2 Å². The molecule has 2 aliphatic rings. The first-order valence-electron chi connectivity index (χ1n) is 6.68. The van der Waals surface area contributed by atoms with Crippen LogP contribution in [0.15, 0.2) is 5.51 Å². The lowest BCUT2D eigenvalue weighted by Crippen LogP contribution is -2.36. The first-order valence-corrected chi connectivity index (χ1v) is 7.56. The highest BCUT2D eigenvalue weighted by Crippen LogP contribution is 2.21. The van der Waals surface area contributed by atoms with E-state index in [1.165, 1.54) is 55.9 Å². The molecule has 0 saturated carbocycles. The van der Waals surface area contributed by atoms with E-state index in [4.69, 9.17) is 0 Å². The van der Waals surface area contributed by atoms with Gasteiger partial charge in [0.1, 0.15) is 0 Å². The minimum absolute atomic E-state index is 0.755.